The van der Waals surface area contributed by atoms with Gasteiger partial charge in [0.25, 0.3) is 0 Å². The quantitative estimate of drug-likeness (QED) is 0.0215. The fourth-order valence-electron chi connectivity index (χ4n) is 6.58. The molecule has 0 heterocycles. The van der Waals surface area contributed by atoms with Crippen LogP contribution >= 0.6 is 7.82 Å². The third-order valence-electron chi connectivity index (χ3n) is 10.3. The first-order valence-corrected chi connectivity index (χ1v) is 25.1. The molecule has 56 heavy (non-hydrogen) atoms. The molecule has 0 rings (SSSR count). The summed E-state index contributed by atoms with van der Waals surface area (Å²) in [6.45, 7) is 5.62. The second kappa shape index (κ2) is 40.7. The predicted octanol–water partition coefficient (Wildman–Crippen LogP) is 14.0. The second-order valence-corrected chi connectivity index (χ2v) is 18.6. The number of esters is 1. The maximum atomic E-state index is 12.7. The van der Waals surface area contributed by atoms with Gasteiger partial charge in [0.2, 0.25) is 0 Å². The number of carbonyl (C=O) groups is 1. The molecule has 0 aromatic heterocycles. The van der Waals surface area contributed by atoms with Crippen molar-refractivity contribution in [3.05, 3.63) is 24.3 Å². The van der Waals surface area contributed by atoms with Crippen molar-refractivity contribution in [3.8, 4) is 0 Å². The van der Waals surface area contributed by atoms with Crippen LogP contribution in [-0.2, 0) is 27.9 Å². The van der Waals surface area contributed by atoms with Crippen LogP contribution < -0.4 is 0 Å². The summed E-state index contributed by atoms with van der Waals surface area (Å²) in [5.41, 5.74) is 0. The number of nitrogens with zero attached hydrogens (tertiary/aromatic N) is 1. The van der Waals surface area contributed by atoms with Gasteiger partial charge in [0.15, 0.2) is 0 Å². The molecule has 0 amide bonds. The molecule has 0 aromatic rings. The minimum Gasteiger partial charge on any atom is -0.457 e. The molecule has 8 nitrogen and oxygen atoms in total. The molecule has 0 fully saturated rings. The molecule has 0 saturated carbocycles. The number of allylic oxidation sites excluding steroid dienone is 4. The lowest BCUT2D eigenvalue weighted by atomic mass is 10.0. The van der Waals surface area contributed by atoms with Crippen LogP contribution in [0.1, 0.15) is 213 Å². The number of rotatable bonds is 44. The van der Waals surface area contributed by atoms with Crippen molar-refractivity contribution in [2.24, 2.45) is 0 Å². The minimum absolute atomic E-state index is 0.0884. The lowest BCUT2D eigenvalue weighted by Crippen LogP contribution is -2.37. The molecule has 0 spiro atoms. The minimum atomic E-state index is -4.28. The van der Waals surface area contributed by atoms with Gasteiger partial charge in [-0.2, -0.15) is 0 Å². The number of hydrogen-bond acceptors (Lipinski definition) is 6. The summed E-state index contributed by atoms with van der Waals surface area (Å²) in [5, 5.41) is 0. The first-order chi connectivity index (χ1) is 27.1. The Morgan fingerprint density at radius 1 is 0.554 bits per heavy atom. The summed E-state index contributed by atoms with van der Waals surface area (Å²) in [5.74, 6) is -0.314. The van der Waals surface area contributed by atoms with E-state index in [2.05, 4.69) is 38.2 Å². The first kappa shape index (κ1) is 55.0. The smallest absolute Gasteiger partial charge is 0.457 e. The summed E-state index contributed by atoms with van der Waals surface area (Å²) in [7, 11) is 1.67. The van der Waals surface area contributed by atoms with Gasteiger partial charge in [0.1, 0.15) is 19.3 Å². The maximum Gasteiger partial charge on any atom is 0.472 e. The van der Waals surface area contributed by atoms with Crippen LogP contribution in [0.2, 0.25) is 0 Å². The molecule has 0 aliphatic carbocycles. The van der Waals surface area contributed by atoms with Crippen molar-refractivity contribution >= 4 is 13.8 Å². The fraction of sp³-hybridized carbons (Fsp3) is 0.894. The number of quaternary nitrogens is 1. The number of unbranched alkanes of at least 4 members (excludes halogenated alkanes) is 26. The first-order valence-electron chi connectivity index (χ1n) is 23.6. The number of ether oxygens (including phenoxy) is 2. The Kier molecular flexibility index (Phi) is 40.0. The largest absolute Gasteiger partial charge is 0.472 e. The Morgan fingerprint density at radius 3 is 1.46 bits per heavy atom. The predicted molar refractivity (Wildman–Crippen MR) is 238 cm³/mol. The van der Waals surface area contributed by atoms with Crippen molar-refractivity contribution < 1.29 is 37.3 Å². The lowest BCUT2D eigenvalue weighted by Gasteiger charge is -2.24. The topological polar surface area (TPSA) is 91.3 Å². The molecule has 0 aliphatic heterocycles. The van der Waals surface area contributed by atoms with E-state index in [9.17, 15) is 14.3 Å². The van der Waals surface area contributed by atoms with Gasteiger partial charge in [0.05, 0.1) is 34.4 Å². The van der Waals surface area contributed by atoms with Crippen LogP contribution in [0.4, 0.5) is 0 Å². The van der Waals surface area contributed by atoms with Crippen molar-refractivity contribution in [2.75, 3.05) is 54.1 Å². The second-order valence-electron chi connectivity index (χ2n) is 17.1. The normalized spacial score (nSPS) is 13.9. The monoisotopic (exact) mass is 815 g/mol. The lowest BCUT2D eigenvalue weighted by molar-refractivity contribution is -0.870. The van der Waals surface area contributed by atoms with Gasteiger partial charge in [-0.05, 0) is 44.9 Å². The van der Waals surface area contributed by atoms with Crippen LogP contribution in [0.3, 0.4) is 0 Å². The van der Waals surface area contributed by atoms with Crippen molar-refractivity contribution in [1.29, 1.82) is 0 Å². The molecule has 2 atom stereocenters. The van der Waals surface area contributed by atoms with E-state index in [1.54, 1.807) is 0 Å². The highest BCUT2D eigenvalue weighted by Gasteiger charge is 2.26. The zero-order valence-electron chi connectivity index (χ0n) is 37.6. The average Bonchev–Trinajstić information content (AvgIpc) is 3.15. The number of phosphoric ester groups is 1. The number of likely N-dealkylation sites (N-methyl/N-ethyl adjacent to an activating group) is 1. The molecule has 0 aliphatic rings. The summed E-state index contributed by atoms with van der Waals surface area (Å²) >= 11 is 0. The zero-order chi connectivity index (χ0) is 41.3. The Bertz CT molecular complexity index is 951. The molecule has 0 bridgehead atoms. The molecule has 0 aromatic carbocycles. The van der Waals surface area contributed by atoms with Crippen LogP contribution in [0, 0.1) is 0 Å². The van der Waals surface area contributed by atoms with E-state index in [1.165, 1.54) is 148 Å². The van der Waals surface area contributed by atoms with E-state index in [-0.39, 0.29) is 25.8 Å². The van der Waals surface area contributed by atoms with Crippen LogP contribution in [-0.4, -0.2) is 75.6 Å². The van der Waals surface area contributed by atoms with Gasteiger partial charge >= 0.3 is 13.8 Å². The van der Waals surface area contributed by atoms with E-state index >= 15 is 0 Å². The zero-order valence-corrected chi connectivity index (χ0v) is 38.5. The molecular formula is C47H93NO7P+. The number of hydrogen-bond donors (Lipinski definition) is 1. The number of phosphoric acid groups is 1. The summed E-state index contributed by atoms with van der Waals surface area (Å²) < 4.78 is 35.1. The van der Waals surface area contributed by atoms with E-state index in [1.807, 2.05) is 21.1 Å². The Labute approximate surface area is 347 Å². The van der Waals surface area contributed by atoms with Gasteiger partial charge in [-0.1, -0.05) is 186 Å². The van der Waals surface area contributed by atoms with E-state index in [4.69, 9.17) is 18.5 Å². The van der Waals surface area contributed by atoms with Crippen molar-refractivity contribution in [3.63, 3.8) is 0 Å². The highest BCUT2D eigenvalue weighted by atomic mass is 31.2. The third-order valence-corrected chi connectivity index (χ3v) is 11.2. The number of carbonyl (C=O) groups excluding carboxylic acids is 1. The summed E-state index contributed by atoms with van der Waals surface area (Å²) in [4.78, 5) is 22.9. The summed E-state index contributed by atoms with van der Waals surface area (Å²) in [6, 6.07) is 0. The van der Waals surface area contributed by atoms with Crippen molar-refractivity contribution in [2.45, 2.75) is 219 Å². The van der Waals surface area contributed by atoms with Gasteiger partial charge in [0, 0.05) is 13.0 Å². The maximum absolute atomic E-state index is 12.7. The van der Waals surface area contributed by atoms with Gasteiger partial charge in [-0.25, -0.2) is 4.57 Å². The standard InChI is InChI=1S/C47H92NO7P/c1-6-8-10-12-14-16-18-20-22-24-26-28-30-32-34-36-38-40-47(49)55-46(45-54-56(50,51)53-43-41-48(3,4)5)44-52-42-39-37-35-33-31-29-27-25-23-21-19-17-15-13-11-9-7-2/h17,19,23,25,46H,6-16,18,20-22,24,26-45H2,1-5H3/p+1/b19-17-,25-23-. The van der Waals surface area contributed by atoms with Crippen LogP contribution in [0.15, 0.2) is 24.3 Å². The van der Waals surface area contributed by atoms with Gasteiger partial charge in [-0.3, -0.25) is 13.8 Å². The van der Waals surface area contributed by atoms with Gasteiger partial charge < -0.3 is 18.9 Å². The summed E-state index contributed by atoms with van der Waals surface area (Å²) in [6.07, 6.45) is 46.3. The van der Waals surface area contributed by atoms with Crippen LogP contribution in [0.5, 0.6) is 0 Å². The molecule has 0 saturated heterocycles. The molecule has 332 valence electrons. The Hall–Kier alpha value is -1.02. The highest BCUT2D eigenvalue weighted by molar-refractivity contribution is 7.47. The SMILES string of the molecule is CCCCCC/C=C\C/C=C\CCCCCCCCOCC(COP(=O)(O)OCC[N+](C)(C)C)OC(=O)CCCCCCCCCCCCCCCCCCC. The van der Waals surface area contributed by atoms with E-state index in [0.717, 1.165) is 44.9 Å². The van der Waals surface area contributed by atoms with Gasteiger partial charge in [-0.15, -0.1) is 0 Å². The van der Waals surface area contributed by atoms with E-state index in [0.29, 0.717) is 24.1 Å². The molecule has 1 N–H and O–H groups in total. The molecular weight excluding hydrogens is 721 g/mol. The third kappa shape index (κ3) is 44.1. The van der Waals surface area contributed by atoms with E-state index < -0.39 is 13.9 Å². The molecule has 0 radical (unpaired) electrons. The Balaban J connectivity index is 4.19. The Morgan fingerprint density at radius 2 is 0.982 bits per heavy atom. The highest BCUT2D eigenvalue weighted by Crippen LogP contribution is 2.43. The molecule has 9 heteroatoms. The van der Waals surface area contributed by atoms with Crippen molar-refractivity contribution in [1.82, 2.24) is 0 Å². The fourth-order valence-corrected chi connectivity index (χ4v) is 7.33. The van der Waals surface area contributed by atoms with Crippen LogP contribution in [0.25, 0.3) is 0 Å². The average molecular weight is 815 g/mol. The molecule has 2 unspecified atom stereocenters.